The third-order valence-corrected chi connectivity index (χ3v) is 5.71. The summed E-state index contributed by atoms with van der Waals surface area (Å²) in [6.07, 6.45) is 3.19. The Morgan fingerprint density at radius 2 is 1.90 bits per heavy atom. The molecule has 0 bridgehead atoms. The number of carbonyl (C=O) groups is 1. The molecule has 3 rings (SSSR count). The average molecular weight is 445 g/mol. The van der Waals surface area contributed by atoms with Crippen LogP contribution in [0.25, 0.3) is 11.8 Å². The highest BCUT2D eigenvalue weighted by Gasteiger charge is 2.29. The summed E-state index contributed by atoms with van der Waals surface area (Å²) in [4.78, 5) is 25.2. The van der Waals surface area contributed by atoms with E-state index in [0.717, 1.165) is 24.2 Å². The Hall–Kier alpha value is -3.45. The summed E-state index contributed by atoms with van der Waals surface area (Å²) < 4.78 is 23.2. The fourth-order valence-corrected chi connectivity index (χ4v) is 4.11. The van der Waals surface area contributed by atoms with Gasteiger partial charge in [-0.15, -0.1) is 11.3 Å². The molecule has 164 valence electrons. The molecule has 10 heteroatoms. The number of ether oxygens (including phenoxy) is 4. The van der Waals surface area contributed by atoms with Gasteiger partial charge in [0.2, 0.25) is 5.75 Å². The van der Waals surface area contributed by atoms with Crippen molar-refractivity contribution in [3.8, 4) is 23.3 Å². The lowest BCUT2D eigenvalue weighted by Gasteiger charge is -2.13. The largest absolute Gasteiger partial charge is 0.493 e. The highest BCUT2D eigenvalue weighted by molar-refractivity contribution is 7.07. The van der Waals surface area contributed by atoms with Crippen LogP contribution in [0.3, 0.4) is 0 Å². The normalized spacial score (nSPS) is 14.5. The molecule has 1 aromatic heterocycles. The van der Waals surface area contributed by atoms with Gasteiger partial charge in [0.05, 0.1) is 27.9 Å². The number of rotatable bonds is 8. The standard InChI is InChI=1S/C21H23N3O6S/c1-5-30-21(26)14(10-22)20-24(13-6-7-13)19(25)17(31-20)11-23-12-8-15(27-2)18(29-4)16(9-12)28-3/h8-9,11,13,23H,5-7H2,1-4H3/b17-11+,20-14-. The van der Waals surface area contributed by atoms with E-state index in [4.69, 9.17) is 18.9 Å². The van der Waals surface area contributed by atoms with Crippen LogP contribution < -0.4 is 34.3 Å². The van der Waals surface area contributed by atoms with Crippen molar-refractivity contribution in [2.45, 2.75) is 25.8 Å². The third kappa shape index (κ3) is 4.51. The minimum atomic E-state index is -0.732. The van der Waals surface area contributed by atoms with Gasteiger partial charge >= 0.3 is 5.97 Å². The van der Waals surface area contributed by atoms with Gasteiger partial charge in [-0.05, 0) is 19.8 Å². The smallest absolute Gasteiger partial charge is 0.351 e. The third-order valence-electron chi connectivity index (χ3n) is 4.61. The van der Waals surface area contributed by atoms with Gasteiger partial charge < -0.3 is 24.3 Å². The first-order valence-electron chi connectivity index (χ1n) is 9.58. The lowest BCUT2D eigenvalue weighted by molar-refractivity contribution is -0.136. The molecule has 0 atom stereocenters. The van der Waals surface area contributed by atoms with Gasteiger partial charge in [0.25, 0.3) is 5.56 Å². The molecular formula is C21H23N3O6S. The predicted octanol–water partition coefficient (Wildman–Crippen LogP) is 1.36. The van der Waals surface area contributed by atoms with Crippen LogP contribution in [0.4, 0.5) is 5.69 Å². The van der Waals surface area contributed by atoms with E-state index < -0.39 is 5.97 Å². The van der Waals surface area contributed by atoms with Crippen LogP contribution in [0.15, 0.2) is 16.9 Å². The molecule has 1 N–H and O–H groups in total. The van der Waals surface area contributed by atoms with Gasteiger partial charge in [0.15, 0.2) is 17.1 Å². The van der Waals surface area contributed by atoms with Gasteiger partial charge in [-0.3, -0.25) is 9.36 Å². The monoisotopic (exact) mass is 445 g/mol. The molecule has 0 saturated heterocycles. The van der Waals surface area contributed by atoms with Gasteiger partial charge in [-0.25, -0.2) is 4.79 Å². The number of hydrogen-bond donors (Lipinski definition) is 1. The molecule has 0 unspecified atom stereocenters. The number of hydrogen-bond acceptors (Lipinski definition) is 9. The van der Waals surface area contributed by atoms with Crippen LogP contribution in [-0.4, -0.2) is 38.5 Å². The van der Waals surface area contributed by atoms with E-state index in [2.05, 4.69) is 5.32 Å². The summed E-state index contributed by atoms with van der Waals surface area (Å²) in [5.74, 6) is 0.641. The van der Waals surface area contributed by atoms with E-state index in [1.807, 2.05) is 6.07 Å². The highest BCUT2D eigenvalue weighted by atomic mass is 32.1. The zero-order valence-electron chi connectivity index (χ0n) is 17.7. The Labute approximate surface area is 182 Å². The molecular weight excluding hydrogens is 422 g/mol. The molecule has 0 aliphatic heterocycles. The molecule has 1 aromatic carbocycles. The summed E-state index contributed by atoms with van der Waals surface area (Å²) >= 11 is 1.07. The van der Waals surface area contributed by atoms with Crippen molar-refractivity contribution in [1.29, 1.82) is 5.26 Å². The lowest BCUT2D eigenvalue weighted by atomic mass is 10.2. The predicted molar refractivity (Wildman–Crippen MR) is 116 cm³/mol. The number of methoxy groups -OCH3 is 3. The maximum Gasteiger partial charge on any atom is 0.351 e. The molecule has 9 nitrogen and oxygen atoms in total. The molecule has 31 heavy (non-hydrogen) atoms. The molecule has 1 saturated carbocycles. The minimum absolute atomic E-state index is 0.0140. The first-order valence-corrected chi connectivity index (χ1v) is 10.4. The first-order chi connectivity index (χ1) is 15.0. The fraction of sp³-hybridized carbons (Fsp3) is 0.381. The summed E-state index contributed by atoms with van der Waals surface area (Å²) in [7, 11) is 4.54. The van der Waals surface area contributed by atoms with Crippen LogP contribution in [0, 0.1) is 11.3 Å². The van der Waals surface area contributed by atoms with Crippen molar-refractivity contribution in [3.63, 3.8) is 0 Å². The second-order valence-corrected chi connectivity index (χ2v) is 7.62. The first kappa shape index (κ1) is 22.2. The summed E-state index contributed by atoms with van der Waals surface area (Å²) in [6, 6.07) is 5.29. The summed E-state index contributed by atoms with van der Waals surface area (Å²) in [5.41, 5.74) is 0.180. The van der Waals surface area contributed by atoms with Crippen LogP contribution >= 0.6 is 11.3 Å². The lowest BCUT2D eigenvalue weighted by Crippen LogP contribution is -2.32. The fourth-order valence-electron chi connectivity index (χ4n) is 3.03. The van der Waals surface area contributed by atoms with Crippen molar-refractivity contribution in [1.82, 2.24) is 4.57 Å². The number of benzene rings is 1. The molecule has 0 amide bonds. The average Bonchev–Trinajstić information content (AvgIpc) is 3.56. The van der Waals surface area contributed by atoms with Crippen molar-refractivity contribution >= 4 is 34.8 Å². The van der Waals surface area contributed by atoms with Gasteiger partial charge in [-0.1, -0.05) is 0 Å². The van der Waals surface area contributed by atoms with Crippen LogP contribution in [0.1, 0.15) is 25.8 Å². The molecule has 0 radical (unpaired) electrons. The van der Waals surface area contributed by atoms with Crippen LogP contribution in [-0.2, 0) is 9.53 Å². The van der Waals surface area contributed by atoms with E-state index in [1.165, 1.54) is 32.1 Å². The topological polar surface area (TPSA) is 112 Å². The maximum atomic E-state index is 13.0. The molecule has 1 heterocycles. The van der Waals surface area contributed by atoms with Crippen molar-refractivity contribution in [2.24, 2.45) is 0 Å². The number of carbonyl (C=O) groups excluding carboxylic acids is 1. The molecule has 1 fully saturated rings. The Kier molecular flexibility index (Phi) is 6.87. The van der Waals surface area contributed by atoms with E-state index >= 15 is 0 Å². The maximum absolute atomic E-state index is 13.0. The van der Waals surface area contributed by atoms with E-state index in [9.17, 15) is 14.9 Å². The number of nitrogens with zero attached hydrogens (tertiary/aromatic N) is 2. The van der Waals surface area contributed by atoms with E-state index in [1.54, 1.807) is 19.1 Å². The Bertz CT molecular complexity index is 1180. The quantitative estimate of drug-likeness (QED) is 0.606. The second kappa shape index (κ2) is 9.57. The Morgan fingerprint density at radius 1 is 1.26 bits per heavy atom. The number of thiazole rings is 1. The van der Waals surface area contributed by atoms with Crippen molar-refractivity contribution < 1.29 is 23.7 Å². The second-order valence-electron chi connectivity index (χ2n) is 6.59. The van der Waals surface area contributed by atoms with Crippen molar-refractivity contribution in [2.75, 3.05) is 33.3 Å². The van der Waals surface area contributed by atoms with E-state index in [-0.39, 0.29) is 23.8 Å². The Morgan fingerprint density at radius 3 is 2.39 bits per heavy atom. The number of esters is 1. The number of nitriles is 1. The van der Waals surface area contributed by atoms with Gasteiger partial charge in [0, 0.05) is 30.1 Å². The molecule has 2 aromatic rings. The zero-order chi connectivity index (χ0) is 22.5. The van der Waals surface area contributed by atoms with Crippen LogP contribution in [0.5, 0.6) is 17.2 Å². The number of aromatic nitrogens is 1. The minimum Gasteiger partial charge on any atom is -0.493 e. The highest BCUT2D eigenvalue weighted by Crippen LogP contribution is 2.39. The molecule has 1 aliphatic rings. The van der Waals surface area contributed by atoms with E-state index in [0.29, 0.717) is 32.1 Å². The van der Waals surface area contributed by atoms with Gasteiger partial charge in [0.1, 0.15) is 15.3 Å². The number of nitrogens with one attached hydrogen (secondary N) is 1. The van der Waals surface area contributed by atoms with Crippen LogP contribution in [0.2, 0.25) is 0 Å². The molecule has 0 spiro atoms. The summed E-state index contributed by atoms with van der Waals surface area (Å²) in [5, 5.41) is 12.6. The summed E-state index contributed by atoms with van der Waals surface area (Å²) in [6.45, 7) is 1.81. The molecule has 1 aliphatic carbocycles. The SMILES string of the molecule is CCOC(=O)/C(C#N)=c1\s/c(=C/Nc2cc(OC)c(OC)c(OC)c2)c(=O)n1C1CC1. The van der Waals surface area contributed by atoms with Crippen molar-refractivity contribution in [3.05, 3.63) is 31.7 Å². The van der Waals surface area contributed by atoms with Gasteiger partial charge in [-0.2, -0.15) is 5.26 Å². The zero-order valence-corrected chi connectivity index (χ0v) is 18.5. The Balaban J connectivity index is 2.10. The number of anilines is 1.